The summed E-state index contributed by atoms with van der Waals surface area (Å²) in [5, 5.41) is 4.96. The molecular weight excluding hydrogens is 376 g/mol. The maximum Gasteiger partial charge on any atom is 0.331 e. The summed E-state index contributed by atoms with van der Waals surface area (Å²) in [6, 6.07) is 2.68. The molecule has 0 bridgehead atoms. The van der Waals surface area contributed by atoms with Gasteiger partial charge in [-0.3, -0.25) is 10.1 Å². The zero-order valence-corrected chi connectivity index (χ0v) is 15.6. The highest BCUT2D eigenvalue weighted by atomic mass is 35.5. The Hall–Kier alpha value is -2.74. The molecule has 9 heteroatoms. The number of hydrogen-bond donors (Lipinski definition) is 2. The van der Waals surface area contributed by atoms with Crippen LogP contribution in [0.1, 0.15) is 25.3 Å². The van der Waals surface area contributed by atoms with Gasteiger partial charge in [0.15, 0.2) is 18.1 Å². The normalized spacial score (nSPS) is 12.5. The number of rotatable bonds is 7. The standard InChI is InChI=1S/C18H21ClN2O6/c1-2-3-6-20-18(24)21-15(22)11-27-16(23)5-4-12-9-13(19)17-14(10-12)25-7-8-26-17/h4-5,9-10H,2-3,6-8,11H2,1H3,(H2,20,21,22,24)/b5-4+. The highest BCUT2D eigenvalue weighted by Crippen LogP contribution is 2.38. The average Bonchev–Trinajstić information content (AvgIpc) is 2.65. The largest absolute Gasteiger partial charge is 0.486 e. The van der Waals surface area contributed by atoms with Crippen LogP contribution in [0.25, 0.3) is 6.08 Å². The van der Waals surface area contributed by atoms with Crippen LogP contribution in [0.3, 0.4) is 0 Å². The summed E-state index contributed by atoms with van der Waals surface area (Å²) >= 11 is 6.11. The van der Waals surface area contributed by atoms with Crippen molar-refractivity contribution in [3.05, 3.63) is 28.8 Å². The molecule has 0 radical (unpaired) electrons. The third-order valence-corrected chi connectivity index (χ3v) is 3.73. The van der Waals surface area contributed by atoms with Crippen molar-refractivity contribution >= 4 is 35.6 Å². The van der Waals surface area contributed by atoms with Gasteiger partial charge in [0.2, 0.25) is 0 Å². The van der Waals surface area contributed by atoms with E-state index in [0.717, 1.165) is 18.9 Å². The fraction of sp³-hybridized carbons (Fsp3) is 0.389. The van der Waals surface area contributed by atoms with Crippen molar-refractivity contribution in [2.75, 3.05) is 26.4 Å². The van der Waals surface area contributed by atoms with Gasteiger partial charge in [0.25, 0.3) is 5.91 Å². The van der Waals surface area contributed by atoms with Crippen molar-refractivity contribution < 1.29 is 28.6 Å². The van der Waals surface area contributed by atoms with Gasteiger partial charge >= 0.3 is 12.0 Å². The number of ether oxygens (including phenoxy) is 3. The van der Waals surface area contributed by atoms with Crippen molar-refractivity contribution in [3.8, 4) is 11.5 Å². The van der Waals surface area contributed by atoms with Crippen LogP contribution in [0.2, 0.25) is 5.02 Å². The molecule has 27 heavy (non-hydrogen) atoms. The minimum atomic E-state index is -0.734. The summed E-state index contributed by atoms with van der Waals surface area (Å²) in [4.78, 5) is 34.7. The third-order valence-electron chi connectivity index (χ3n) is 3.45. The Labute approximate surface area is 161 Å². The second-order valence-corrected chi connectivity index (χ2v) is 6.03. The Kier molecular flexibility index (Phi) is 7.94. The summed E-state index contributed by atoms with van der Waals surface area (Å²) in [5.74, 6) is -0.484. The molecular formula is C18H21ClN2O6. The molecule has 1 aromatic rings. The zero-order valence-electron chi connectivity index (χ0n) is 14.9. The molecule has 1 aromatic carbocycles. The van der Waals surface area contributed by atoms with Crippen LogP contribution < -0.4 is 20.1 Å². The predicted octanol–water partition coefficient (Wildman–Crippen LogP) is 2.29. The fourth-order valence-corrected chi connectivity index (χ4v) is 2.44. The molecule has 0 aliphatic carbocycles. The number of esters is 1. The molecule has 146 valence electrons. The number of benzene rings is 1. The number of hydrogen-bond acceptors (Lipinski definition) is 6. The second kappa shape index (κ2) is 10.4. The molecule has 1 aliphatic heterocycles. The van der Waals surface area contributed by atoms with Gasteiger partial charge in [0, 0.05) is 12.6 Å². The molecule has 0 fully saturated rings. The van der Waals surface area contributed by atoms with Crippen molar-refractivity contribution in [1.29, 1.82) is 0 Å². The Morgan fingerprint density at radius 3 is 2.81 bits per heavy atom. The number of fused-ring (bicyclic) bond motifs is 1. The monoisotopic (exact) mass is 396 g/mol. The highest BCUT2D eigenvalue weighted by molar-refractivity contribution is 6.32. The summed E-state index contributed by atoms with van der Waals surface area (Å²) in [5.41, 5.74) is 0.612. The summed E-state index contributed by atoms with van der Waals surface area (Å²) < 4.78 is 15.7. The summed E-state index contributed by atoms with van der Waals surface area (Å²) in [7, 11) is 0. The number of halogens is 1. The molecule has 2 N–H and O–H groups in total. The SMILES string of the molecule is CCCCNC(=O)NC(=O)COC(=O)/C=C/c1cc(Cl)c2c(c1)OCCO2. The van der Waals surface area contributed by atoms with Crippen molar-refractivity contribution in [3.63, 3.8) is 0 Å². The fourth-order valence-electron chi connectivity index (χ4n) is 2.16. The molecule has 0 saturated carbocycles. The highest BCUT2D eigenvalue weighted by Gasteiger charge is 2.16. The van der Waals surface area contributed by atoms with E-state index < -0.39 is 24.5 Å². The van der Waals surface area contributed by atoms with Gasteiger partial charge in [-0.1, -0.05) is 24.9 Å². The first kappa shape index (κ1) is 20.6. The average molecular weight is 397 g/mol. The number of imide groups is 1. The second-order valence-electron chi connectivity index (χ2n) is 5.63. The molecule has 3 amide bonds. The van der Waals surface area contributed by atoms with Crippen LogP contribution in [0.4, 0.5) is 4.79 Å². The first-order valence-electron chi connectivity index (χ1n) is 8.51. The predicted molar refractivity (Wildman–Crippen MR) is 98.9 cm³/mol. The lowest BCUT2D eigenvalue weighted by atomic mass is 10.2. The lowest BCUT2D eigenvalue weighted by Crippen LogP contribution is -2.41. The Morgan fingerprint density at radius 2 is 2.04 bits per heavy atom. The zero-order chi connectivity index (χ0) is 19.6. The summed E-state index contributed by atoms with van der Waals surface area (Å²) in [6.07, 6.45) is 4.36. The van der Waals surface area contributed by atoms with Gasteiger partial charge < -0.3 is 19.5 Å². The van der Waals surface area contributed by atoms with Gasteiger partial charge in [-0.05, 0) is 30.2 Å². The lowest BCUT2D eigenvalue weighted by molar-refractivity contribution is -0.143. The number of amides is 3. The smallest absolute Gasteiger partial charge is 0.331 e. The van der Waals surface area contributed by atoms with E-state index in [-0.39, 0.29) is 0 Å². The Bertz CT molecular complexity index is 735. The quantitative estimate of drug-likeness (QED) is 0.416. The van der Waals surface area contributed by atoms with Gasteiger partial charge in [0.05, 0.1) is 5.02 Å². The summed E-state index contributed by atoms with van der Waals surface area (Å²) in [6.45, 7) is 2.73. The molecule has 1 aliphatic rings. The number of nitrogens with one attached hydrogen (secondary N) is 2. The molecule has 1 heterocycles. The first-order valence-corrected chi connectivity index (χ1v) is 8.89. The van der Waals surface area contributed by atoms with Crippen LogP contribution in [0, 0.1) is 0 Å². The lowest BCUT2D eigenvalue weighted by Gasteiger charge is -2.19. The van der Waals surface area contributed by atoms with Crippen LogP contribution in [0.5, 0.6) is 11.5 Å². The number of unbranched alkanes of at least 4 members (excludes halogenated alkanes) is 1. The molecule has 0 atom stereocenters. The van der Waals surface area contributed by atoms with E-state index in [1.807, 2.05) is 6.92 Å². The molecule has 0 saturated heterocycles. The van der Waals surface area contributed by atoms with E-state index in [4.69, 9.17) is 25.8 Å². The van der Waals surface area contributed by atoms with Gasteiger partial charge in [-0.25, -0.2) is 9.59 Å². The maximum atomic E-state index is 11.7. The Morgan fingerprint density at radius 1 is 1.26 bits per heavy atom. The van der Waals surface area contributed by atoms with Crippen molar-refractivity contribution in [1.82, 2.24) is 10.6 Å². The topological polar surface area (TPSA) is 103 Å². The van der Waals surface area contributed by atoms with E-state index in [0.29, 0.717) is 41.8 Å². The van der Waals surface area contributed by atoms with Gasteiger partial charge in [-0.15, -0.1) is 0 Å². The van der Waals surface area contributed by atoms with Gasteiger partial charge in [-0.2, -0.15) is 0 Å². The van der Waals surface area contributed by atoms with E-state index >= 15 is 0 Å². The number of carbonyl (C=O) groups excluding carboxylic acids is 3. The van der Waals surface area contributed by atoms with E-state index in [1.54, 1.807) is 12.1 Å². The molecule has 2 rings (SSSR count). The van der Waals surface area contributed by atoms with Crippen LogP contribution >= 0.6 is 11.6 Å². The maximum absolute atomic E-state index is 11.7. The van der Waals surface area contributed by atoms with E-state index in [9.17, 15) is 14.4 Å². The minimum absolute atomic E-state index is 0.369. The van der Waals surface area contributed by atoms with Crippen LogP contribution in [-0.4, -0.2) is 44.3 Å². The molecule has 8 nitrogen and oxygen atoms in total. The van der Waals surface area contributed by atoms with Crippen LogP contribution in [0.15, 0.2) is 18.2 Å². The molecule has 0 spiro atoms. The van der Waals surface area contributed by atoms with Gasteiger partial charge in [0.1, 0.15) is 13.2 Å². The number of carbonyl (C=O) groups is 3. The first-order chi connectivity index (χ1) is 13.0. The number of urea groups is 1. The van der Waals surface area contributed by atoms with Crippen molar-refractivity contribution in [2.24, 2.45) is 0 Å². The molecule has 0 unspecified atom stereocenters. The molecule has 0 aromatic heterocycles. The van der Waals surface area contributed by atoms with E-state index in [1.165, 1.54) is 6.08 Å². The third kappa shape index (κ3) is 6.82. The van der Waals surface area contributed by atoms with E-state index in [2.05, 4.69) is 10.6 Å². The van der Waals surface area contributed by atoms with Crippen LogP contribution in [-0.2, 0) is 14.3 Å². The minimum Gasteiger partial charge on any atom is -0.486 e. The van der Waals surface area contributed by atoms with Crippen molar-refractivity contribution in [2.45, 2.75) is 19.8 Å². The Balaban J connectivity index is 1.79.